The largest absolute Gasteiger partial charge is 0.490 e. The maximum atomic E-state index is 12.8. The molecule has 0 radical (unpaired) electrons. The highest BCUT2D eigenvalue weighted by Crippen LogP contribution is 2.29. The fourth-order valence-corrected chi connectivity index (χ4v) is 3.66. The highest BCUT2D eigenvalue weighted by Gasteiger charge is 2.21. The van der Waals surface area contributed by atoms with Crippen LogP contribution in [-0.4, -0.2) is 17.0 Å². The van der Waals surface area contributed by atoms with Crippen molar-refractivity contribution in [2.45, 2.75) is 38.8 Å². The third kappa shape index (κ3) is 4.06. The molecule has 0 bridgehead atoms. The van der Waals surface area contributed by atoms with Gasteiger partial charge in [-0.15, -0.1) is 0 Å². The van der Waals surface area contributed by atoms with Crippen LogP contribution in [-0.2, 0) is 17.6 Å². The second kappa shape index (κ2) is 7.85. The summed E-state index contributed by atoms with van der Waals surface area (Å²) in [4.78, 5) is 16.9. The van der Waals surface area contributed by atoms with Crippen LogP contribution in [0.3, 0.4) is 0 Å². The standard InChI is InChI=1S/C24H24N2O2/c1-16-3-6-19(7-4-16)24(20-9-11-25-12-10-20)26-23(27)15-18-5-8-22-21(14-18)13-17(2)28-22/h3-12,14,17,24H,13,15H2,1-2H3,(H,26,27)/t17-,24+/m1/s1. The Morgan fingerprint density at radius 2 is 1.82 bits per heavy atom. The molecule has 0 fully saturated rings. The van der Waals surface area contributed by atoms with Crippen LogP contribution in [0.25, 0.3) is 0 Å². The van der Waals surface area contributed by atoms with Gasteiger partial charge in [0.05, 0.1) is 12.5 Å². The fraction of sp³-hybridized carbons (Fsp3) is 0.250. The number of benzene rings is 2. The van der Waals surface area contributed by atoms with E-state index >= 15 is 0 Å². The summed E-state index contributed by atoms with van der Waals surface area (Å²) >= 11 is 0. The van der Waals surface area contributed by atoms with Crippen molar-refractivity contribution in [2.24, 2.45) is 0 Å². The van der Waals surface area contributed by atoms with Gasteiger partial charge in [0.2, 0.25) is 5.91 Å². The van der Waals surface area contributed by atoms with Crippen molar-refractivity contribution < 1.29 is 9.53 Å². The Bertz CT molecular complexity index is 968. The second-order valence-electron chi connectivity index (χ2n) is 7.44. The molecule has 4 rings (SSSR count). The summed E-state index contributed by atoms with van der Waals surface area (Å²) in [5, 5.41) is 3.20. The summed E-state index contributed by atoms with van der Waals surface area (Å²) in [6.07, 6.45) is 4.95. The Morgan fingerprint density at radius 1 is 1.11 bits per heavy atom. The lowest BCUT2D eigenvalue weighted by atomic mass is 9.98. The number of nitrogens with one attached hydrogen (secondary N) is 1. The van der Waals surface area contributed by atoms with Crippen molar-refractivity contribution >= 4 is 5.91 Å². The predicted octanol–water partition coefficient (Wildman–Crippen LogP) is 4.16. The molecule has 1 amide bonds. The number of rotatable bonds is 5. The van der Waals surface area contributed by atoms with E-state index in [-0.39, 0.29) is 18.1 Å². The van der Waals surface area contributed by atoms with Crippen molar-refractivity contribution in [1.29, 1.82) is 0 Å². The van der Waals surface area contributed by atoms with E-state index in [1.54, 1.807) is 12.4 Å². The monoisotopic (exact) mass is 372 g/mol. The van der Waals surface area contributed by atoms with Crippen LogP contribution >= 0.6 is 0 Å². The van der Waals surface area contributed by atoms with Gasteiger partial charge in [0, 0.05) is 18.8 Å². The second-order valence-corrected chi connectivity index (χ2v) is 7.44. The van der Waals surface area contributed by atoms with Crippen LogP contribution in [0.2, 0.25) is 0 Å². The molecule has 1 aromatic heterocycles. The number of fused-ring (bicyclic) bond motifs is 1. The van der Waals surface area contributed by atoms with Gasteiger partial charge in [-0.2, -0.15) is 0 Å². The summed E-state index contributed by atoms with van der Waals surface area (Å²) in [5.74, 6) is 0.931. The summed E-state index contributed by atoms with van der Waals surface area (Å²) in [5.41, 5.74) is 5.45. The third-order valence-electron chi connectivity index (χ3n) is 5.08. The van der Waals surface area contributed by atoms with Crippen molar-refractivity contribution in [1.82, 2.24) is 10.3 Å². The molecule has 0 saturated heterocycles. The van der Waals surface area contributed by atoms with Crippen LogP contribution < -0.4 is 10.1 Å². The van der Waals surface area contributed by atoms with Gasteiger partial charge in [-0.1, -0.05) is 42.0 Å². The molecule has 1 N–H and O–H groups in total. The van der Waals surface area contributed by atoms with Gasteiger partial charge in [-0.25, -0.2) is 0 Å². The maximum Gasteiger partial charge on any atom is 0.225 e. The molecule has 28 heavy (non-hydrogen) atoms. The summed E-state index contributed by atoms with van der Waals surface area (Å²) in [6.45, 7) is 4.12. The van der Waals surface area contributed by atoms with Gasteiger partial charge in [-0.3, -0.25) is 9.78 Å². The first-order chi connectivity index (χ1) is 13.6. The van der Waals surface area contributed by atoms with Crippen molar-refractivity contribution in [2.75, 3.05) is 0 Å². The molecule has 3 aromatic rings. The zero-order valence-corrected chi connectivity index (χ0v) is 16.2. The Hall–Kier alpha value is -3.14. The Labute approximate surface area is 165 Å². The molecule has 4 nitrogen and oxygen atoms in total. The number of hydrogen-bond acceptors (Lipinski definition) is 3. The first-order valence-electron chi connectivity index (χ1n) is 9.63. The van der Waals surface area contributed by atoms with E-state index in [9.17, 15) is 4.79 Å². The van der Waals surface area contributed by atoms with E-state index in [1.165, 1.54) is 11.1 Å². The number of hydrogen-bond donors (Lipinski definition) is 1. The molecule has 0 spiro atoms. The predicted molar refractivity (Wildman–Crippen MR) is 109 cm³/mol. The number of aromatic nitrogens is 1. The minimum atomic E-state index is -0.200. The zero-order valence-electron chi connectivity index (χ0n) is 16.2. The van der Waals surface area contributed by atoms with Crippen molar-refractivity contribution in [3.8, 4) is 5.75 Å². The first-order valence-corrected chi connectivity index (χ1v) is 9.63. The smallest absolute Gasteiger partial charge is 0.225 e. The maximum absolute atomic E-state index is 12.8. The number of carbonyl (C=O) groups is 1. The molecule has 142 valence electrons. The highest BCUT2D eigenvalue weighted by molar-refractivity contribution is 5.79. The molecule has 1 aliphatic rings. The molecule has 4 heteroatoms. The number of amides is 1. The number of aryl methyl sites for hydroxylation is 1. The fourth-order valence-electron chi connectivity index (χ4n) is 3.66. The molecule has 0 saturated carbocycles. The van der Waals surface area contributed by atoms with Crippen LogP contribution in [0, 0.1) is 6.92 Å². The molecular formula is C24H24N2O2. The normalized spacial score (nSPS) is 16.1. The van der Waals surface area contributed by atoms with Crippen LogP contribution in [0.1, 0.15) is 40.8 Å². The van der Waals surface area contributed by atoms with Gasteiger partial charge in [-0.05, 0) is 54.3 Å². The Kier molecular flexibility index (Phi) is 5.11. The van der Waals surface area contributed by atoms with E-state index in [1.807, 2.05) is 24.3 Å². The highest BCUT2D eigenvalue weighted by atomic mass is 16.5. The number of nitrogens with zero attached hydrogens (tertiary/aromatic N) is 1. The molecule has 2 heterocycles. The number of ether oxygens (including phenoxy) is 1. The van der Waals surface area contributed by atoms with E-state index < -0.39 is 0 Å². The average molecular weight is 372 g/mol. The Morgan fingerprint density at radius 3 is 2.57 bits per heavy atom. The van der Waals surface area contributed by atoms with Gasteiger partial charge < -0.3 is 10.1 Å². The molecule has 2 atom stereocenters. The van der Waals surface area contributed by atoms with Gasteiger partial charge in [0.1, 0.15) is 11.9 Å². The SMILES string of the molecule is Cc1ccc([C@H](NC(=O)Cc2ccc3c(c2)C[C@@H](C)O3)c2ccncc2)cc1. The first kappa shape index (κ1) is 18.2. The molecule has 2 aromatic carbocycles. The quantitative estimate of drug-likeness (QED) is 0.732. The van der Waals surface area contributed by atoms with Crippen LogP contribution in [0.15, 0.2) is 67.0 Å². The van der Waals surface area contributed by atoms with Gasteiger partial charge >= 0.3 is 0 Å². The van der Waals surface area contributed by atoms with E-state index in [2.05, 4.69) is 54.5 Å². The molecule has 0 unspecified atom stereocenters. The van der Waals surface area contributed by atoms with Crippen LogP contribution in [0.4, 0.5) is 0 Å². The van der Waals surface area contributed by atoms with E-state index in [4.69, 9.17) is 4.74 Å². The minimum Gasteiger partial charge on any atom is -0.490 e. The molecular weight excluding hydrogens is 348 g/mol. The average Bonchev–Trinajstić information content (AvgIpc) is 3.07. The number of carbonyl (C=O) groups excluding carboxylic acids is 1. The summed E-state index contributed by atoms with van der Waals surface area (Å²) in [6, 6.07) is 18.0. The Balaban J connectivity index is 1.53. The van der Waals surface area contributed by atoms with Crippen LogP contribution in [0.5, 0.6) is 5.75 Å². The van der Waals surface area contributed by atoms with Crippen molar-refractivity contribution in [3.05, 3.63) is 94.8 Å². The zero-order chi connectivity index (χ0) is 19.5. The lowest BCUT2D eigenvalue weighted by molar-refractivity contribution is -0.120. The molecule has 0 aliphatic carbocycles. The van der Waals surface area contributed by atoms with E-state index in [0.717, 1.165) is 28.9 Å². The number of pyridine rings is 1. The minimum absolute atomic E-state index is 0.00528. The summed E-state index contributed by atoms with van der Waals surface area (Å²) in [7, 11) is 0. The molecule has 1 aliphatic heterocycles. The lowest BCUT2D eigenvalue weighted by Gasteiger charge is -2.20. The van der Waals surface area contributed by atoms with Gasteiger partial charge in [0.25, 0.3) is 0 Å². The topological polar surface area (TPSA) is 51.2 Å². The summed E-state index contributed by atoms with van der Waals surface area (Å²) < 4.78 is 5.75. The lowest BCUT2D eigenvalue weighted by Crippen LogP contribution is -2.30. The third-order valence-corrected chi connectivity index (χ3v) is 5.08. The van der Waals surface area contributed by atoms with E-state index in [0.29, 0.717) is 6.42 Å². The van der Waals surface area contributed by atoms with Crippen molar-refractivity contribution in [3.63, 3.8) is 0 Å². The van der Waals surface area contributed by atoms with Gasteiger partial charge in [0.15, 0.2) is 0 Å².